The quantitative estimate of drug-likeness (QED) is 0.167. The first kappa shape index (κ1) is 16.7. The van der Waals surface area contributed by atoms with Crippen molar-refractivity contribution >= 4 is 33.7 Å². The molecule has 0 aliphatic carbocycles. The predicted molar refractivity (Wildman–Crippen MR) is 101 cm³/mol. The Bertz CT molecular complexity index is 906. The largest absolute Gasteiger partial charge is 0.459 e. The van der Waals surface area contributed by atoms with Crippen molar-refractivity contribution in [2.45, 2.75) is 6.92 Å². The summed E-state index contributed by atoms with van der Waals surface area (Å²) >= 11 is 0. The Morgan fingerprint density at radius 1 is 1.04 bits per heavy atom. The zero-order valence-electron chi connectivity index (χ0n) is 14.1. The Morgan fingerprint density at radius 2 is 1.64 bits per heavy atom. The number of rotatable bonds is 6. The minimum atomic E-state index is -0.423. The van der Waals surface area contributed by atoms with Gasteiger partial charge in [0.15, 0.2) is 6.61 Å². The first-order valence-electron chi connectivity index (χ1n) is 8.05. The normalized spacial score (nSPS) is 11.1. The van der Waals surface area contributed by atoms with Crippen molar-refractivity contribution in [1.29, 1.82) is 0 Å². The number of carbonyl (C=O) groups excluding carboxylic acids is 1. The van der Waals surface area contributed by atoms with Gasteiger partial charge in [-0.15, -0.1) is 0 Å². The van der Waals surface area contributed by atoms with Crippen LogP contribution in [0.25, 0.3) is 21.5 Å². The molecule has 0 heterocycles. The van der Waals surface area contributed by atoms with E-state index in [0.717, 1.165) is 27.1 Å². The Labute approximate surface area is 146 Å². The fourth-order valence-electron chi connectivity index (χ4n) is 2.63. The number of oxime groups is 1. The number of carbonyl (C=O) groups is 1. The highest BCUT2D eigenvalue weighted by molar-refractivity contribution is 6.13. The van der Waals surface area contributed by atoms with E-state index in [1.807, 2.05) is 24.3 Å². The molecule has 0 aromatic heterocycles. The smallest absolute Gasteiger partial charge is 0.333 e. The lowest BCUT2D eigenvalue weighted by atomic mass is 9.97. The molecule has 0 unspecified atom stereocenters. The SMILES string of the molecule is C=C(C)C(=O)OCCON=Cc1c2ccccc2cc2ccccc12. The van der Waals surface area contributed by atoms with Crippen molar-refractivity contribution in [1.82, 2.24) is 0 Å². The number of benzene rings is 3. The third-order valence-corrected chi connectivity index (χ3v) is 3.83. The molecule has 0 aliphatic rings. The molecule has 0 atom stereocenters. The zero-order chi connectivity index (χ0) is 17.6. The molecule has 4 nitrogen and oxygen atoms in total. The van der Waals surface area contributed by atoms with Crippen molar-refractivity contribution in [2.24, 2.45) is 5.16 Å². The highest BCUT2D eigenvalue weighted by Gasteiger charge is 2.05. The second-order valence-electron chi connectivity index (χ2n) is 5.72. The van der Waals surface area contributed by atoms with Crippen molar-refractivity contribution in [3.8, 4) is 0 Å². The van der Waals surface area contributed by atoms with Gasteiger partial charge in [-0.3, -0.25) is 0 Å². The van der Waals surface area contributed by atoms with E-state index in [-0.39, 0.29) is 13.2 Å². The summed E-state index contributed by atoms with van der Waals surface area (Å²) in [7, 11) is 0. The maximum Gasteiger partial charge on any atom is 0.333 e. The molecular weight excluding hydrogens is 314 g/mol. The Hall–Kier alpha value is -3.14. The van der Waals surface area contributed by atoms with Gasteiger partial charge in [0.2, 0.25) is 0 Å². The number of ether oxygens (including phenoxy) is 1. The molecule has 0 spiro atoms. The van der Waals surface area contributed by atoms with Crippen LogP contribution in [0.2, 0.25) is 0 Å². The van der Waals surface area contributed by atoms with E-state index >= 15 is 0 Å². The minimum Gasteiger partial charge on any atom is -0.459 e. The summed E-state index contributed by atoms with van der Waals surface area (Å²) in [6, 6.07) is 18.5. The number of fused-ring (bicyclic) bond motifs is 2. The molecule has 0 bridgehead atoms. The Morgan fingerprint density at radius 3 is 2.24 bits per heavy atom. The molecule has 25 heavy (non-hydrogen) atoms. The fourth-order valence-corrected chi connectivity index (χ4v) is 2.63. The van der Waals surface area contributed by atoms with E-state index in [9.17, 15) is 4.79 Å². The van der Waals surface area contributed by atoms with Crippen LogP contribution in [0.15, 0.2) is 71.9 Å². The molecular formula is C21H19NO3. The van der Waals surface area contributed by atoms with Gasteiger partial charge in [-0.25, -0.2) is 4.79 Å². The second kappa shape index (κ2) is 7.62. The maximum atomic E-state index is 11.3. The van der Waals surface area contributed by atoms with Gasteiger partial charge in [0, 0.05) is 11.1 Å². The molecule has 3 rings (SSSR count). The monoisotopic (exact) mass is 333 g/mol. The summed E-state index contributed by atoms with van der Waals surface area (Å²) in [4.78, 5) is 16.5. The molecule has 0 amide bonds. The van der Waals surface area contributed by atoms with Crippen molar-refractivity contribution < 1.29 is 14.4 Å². The molecule has 0 saturated heterocycles. The van der Waals surface area contributed by atoms with Crippen LogP contribution in [0.3, 0.4) is 0 Å². The molecule has 0 saturated carbocycles. The van der Waals surface area contributed by atoms with Gasteiger partial charge in [0.25, 0.3) is 0 Å². The first-order chi connectivity index (χ1) is 12.2. The summed E-state index contributed by atoms with van der Waals surface area (Å²) < 4.78 is 4.96. The summed E-state index contributed by atoms with van der Waals surface area (Å²) in [5.41, 5.74) is 1.37. The maximum absolute atomic E-state index is 11.3. The summed E-state index contributed by atoms with van der Waals surface area (Å²) in [5.74, 6) is -0.423. The van der Waals surface area contributed by atoms with E-state index < -0.39 is 5.97 Å². The standard InChI is InChI=1S/C21H19NO3/c1-15(2)21(23)24-11-12-25-22-14-20-18-9-5-3-7-16(18)13-17-8-4-6-10-19(17)20/h3-10,13-14H,1,11-12H2,2H3. The van der Waals surface area contributed by atoms with Gasteiger partial charge in [-0.2, -0.15) is 0 Å². The van der Waals surface area contributed by atoms with Crippen LogP contribution in [-0.2, 0) is 14.4 Å². The van der Waals surface area contributed by atoms with Crippen LogP contribution in [0.1, 0.15) is 12.5 Å². The number of hydrogen-bond donors (Lipinski definition) is 0. The third kappa shape index (κ3) is 3.86. The number of esters is 1. The van der Waals surface area contributed by atoms with E-state index in [2.05, 4.69) is 42.1 Å². The third-order valence-electron chi connectivity index (χ3n) is 3.83. The lowest BCUT2D eigenvalue weighted by Crippen LogP contribution is -2.09. The van der Waals surface area contributed by atoms with Gasteiger partial charge in [-0.05, 0) is 34.5 Å². The van der Waals surface area contributed by atoms with Crippen LogP contribution in [0.5, 0.6) is 0 Å². The van der Waals surface area contributed by atoms with Crippen LogP contribution >= 0.6 is 0 Å². The molecule has 0 fully saturated rings. The van der Waals surface area contributed by atoms with Crippen molar-refractivity contribution in [3.63, 3.8) is 0 Å². The average Bonchev–Trinajstić information content (AvgIpc) is 2.63. The van der Waals surface area contributed by atoms with Gasteiger partial charge in [-0.1, -0.05) is 60.3 Å². The van der Waals surface area contributed by atoms with Crippen LogP contribution in [0.4, 0.5) is 0 Å². The average molecular weight is 333 g/mol. The van der Waals surface area contributed by atoms with Crippen LogP contribution in [0, 0.1) is 0 Å². The van der Waals surface area contributed by atoms with Crippen molar-refractivity contribution in [2.75, 3.05) is 13.2 Å². The lowest BCUT2D eigenvalue weighted by Gasteiger charge is -2.08. The van der Waals surface area contributed by atoms with Crippen LogP contribution < -0.4 is 0 Å². The van der Waals surface area contributed by atoms with Crippen molar-refractivity contribution in [3.05, 3.63) is 72.3 Å². The highest BCUT2D eigenvalue weighted by atomic mass is 16.6. The predicted octanol–water partition coefficient (Wildman–Crippen LogP) is 4.46. The van der Waals surface area contributed by atoms with E-state index in [0.29, 0.717) is 5.57 Å². The van der Waals surface area contributed by atoms with E-state index in [1.54, 1.807) is 13.1 Å². The Kier molecular flexibility index (Phi) is 5.09. The molecule has 126 valence electrons. The molecule has 4 heteroatoms. The fraction of sp³-hybridized carbons (Fsp3) is 0.143. The molecule has 0 radical (unpaired) electrons. The molecule has 3 aromatic carbocycles. The van der Waals surface area contributed by atoms with Gasteiger partial charge in [0.05, 0.1) is 6.21 Å². The second-order valence-corrected chi connectivity index (χ2v) is 5.72. The first-order valence-corrected chi connectivity index (χ1v) is 8.05. The van der Waals surface area contributed by atoms with Crippen LogP contribution in [-0.4, -0.2) is 25.4 Å². The zero-order valence-corrected chi connectivity index (χ0v) is 14.1. The minimum absolute atomic E-state index is 0.138. The lowest BCUT2D eigenvalue weighted by molar-refractivity contribution is -0.140. The summed E-state index contributed by atoms with van der Waals surface area (Å²) in [5, 5.41) is 8.57. The van der Waals surface area contributed by atoms with E-state index in [4.69, 9.17) is 9.57 Å². The topological polar surface area (TPSA) is 47.9 Å². The summed E-state index contributed by atoms with van der Waals surface area (Å²) in [6.07, 6.45) is 1.71. The summed E-state index contributed by atoms with van der Waals surface area (Å²) in [6.45, 7) is 5.46. The Balaban J connectivity index is 1.77. The molecule has 0 aliphatic heterocycles. The van der Waals surface area contributed by atoms with Gasteiger partial charge >= 0.3 is 5.97 Å². The number of hydrogen-bond acceptors (Lipinski definition) is 4. The van der Waals surface area contributed by atoms with Gasteiger partial charge < -0.3 is 9.57 Å². The number of nitrogens with zero attached hydrogens (tertiary/aromatic N) is 1. The highest BCUT2D eigenvalue weighted by Crippen LogP contribution is 2.27. The molecule has 3 aromatic rings. The van der Waals surface area contributed by atoms with Gasteiger partial charge in [0.1, 0.15) is 6.61 Å². The van der Waals surface area contributed by atoms with E-state index in [1.165, 1.54) is 0 Å². The molecule has 0 N–H and O–H groups in total.